The molecule has 1 aromatic carbocycles. The van der Waals surface area contributed by atoms with Gasteiger partial charge in [-0.3, -0.25) is 4.79 Å². The zero-order valence-corrected chi connectivity index (χ0v) is 17.4. The molecule has 0 heterocycles. The quantitative estimate of drug-likeness (QED) is 0.674. The van der Waals surface area contributed by atoms with Crippen molar-refractivity contribution in [1.82, 2.24) is 5.32 Å². The third-order valence-corrected chi connectivity index (χ3v) is 6.86. The lowest BCUT2D eigenvalue weighted by Crippen LogP contribution is -2.51. The van der Waals surface area contributed by atoms with Gasteiger partial charge >= 0.3 is 5.97 Å². The number of amides is 1. The van der Waals surface area contributed by atoms with Gasteiger partial charge < -0.3 is 19.5 Å². The van der Waals surface area contributed by atoms with Crippen molar-refractivity contribution < 1.29 is 23.8 Å². The van der Waals surface area contributed by atoms with Crippen molar-refractivity contribution in [3.63, 3.8) is 0 Å². The second-order valence-electron chi connectivity index (χ2n) is 9.07. The van der Waals surface area contributed by atoms with Crippen LogP contribution in [0.2, 0.25) is 0 Å². The molecule has 1 aromatic rings. The summed E-state index contributed by atoms with van der Waals surface area (Å²) in [7, 11) is 1.52. The molecule has 0 unspecified atom stereocenters. The fraction of sp³-hybridized carbons (Fsp3) is 0.652. The van der Waals surface area contributed by atoms with Crippen LogP contribution in [0, 0.1) is 23.2 Å². The molecular weight excluding hydrogens is 370 g/mol. The van der Waals surface area contributed by atoms with Crippen LogP contribution in [0.1, 0.15) is 55.8 Å². The van der Waals surface area contributed by atoms with E-state index in [1.165, 1.54) is 45.6 Å². The van der Waals surface area contributed by atoms with Gasteiger partial charge in [-0.05, 0) is 86.8 Å². The SMILES string of the molecule is CCOc1ccc(C(=O)OCC(=O)NCC23CC4CC(CC(C4)C2)C3)cc1OC. The standard InChI is InChI=1S/C23H31NO5/c1-3-28-19-5-4-18(9-20(19)27-2)22(26)29-13-21(25)24-14-23-10-15-6-16(11-23)8-17(7-15)12-23/h4-5,9,15-17H,3,6-8,10-14H2,1-2H3,(H,24,25). The molecule has 4 bridgehead atoms. The van der Waals surface area contributed by atoms with Gasteiger partial charge in [-0.1, -0.05) is 0 Å². The lowest BCUT2D eigenvalue weighted by molar-refractivity contribution is -0.126. The molecule has 4 fully saturated rings. The normalized spacial score (nSPS) is 29.4. The summed E-state index contributed by atoms with van der Waals surface area (Å²) >= 11 is 0. The number of hydrogen-bond acceptors (Lipinski definition) is 5. The maximum absolute atomic E-state index is 12.3. The summed E-state index contributed by atoms with van der Waals surface area (Å²) in [4.78, 5) is 24.6. The molecule has 0 saturated heterocycles. The summed E-state index contributed by atoms with van der Waals surface area (Å²) in [6.45, 7) is 2.83. The first-order valence-electron chi connectivity index (χ1n) is 10.7. The molecule has 158 valence electrons. The Kier molecular flexibility index (Phi) is 5.70. The van der Waals surface area contributed by atoms with Crippen LogP contribution in [-0.2, 0) is 9.53 Å². The first-order valence-corrected chi connectivity index (χ1v) is 10.7. The Labute approximate surface area is 172 Å². The van der Waals surface area contributed by atoms with E-state index in [1.807, 2.05) is 6.92 Å². The van der Waals surface area contributed by atoms with E-state index in [9.17, 15) is 9.59 Å². The number of carbonyl (C=O) groups is 2. The summed E-state index contributed by atoms with van der Waals surface area (Å²) in [5, 5.41) is 3.03. The van der Waals surface area contributed by atoms with Crippen LogP contribution in [0.25, 0.3) is 0 Å². The van der Waals surface area contributed by atoms with E-state index in [-0.39, 0.29) is 17.9 Å². The zero-order valence-electron chi connectivity index (χ0n) is 17.4. The van der Waals surface area contributed by atoms with Crippen molar-refractivity contribution in [2.75, 3.05) is 26.9 Å². The highest BCUT2D eigenvalue weighted by Gasteiger charge is 2.50. The molecule has 0 radical (unpaired) electrons. The predicted octanol–water partition coefficient (Wildman–Crippen LogP) is 3.58. The van der Waals surface area contributed by atoms with Crippen molar-refractivity contribution in [2.45, 2.75) is 45.4 Å². The number of esters is 1. The maximum Gasteiger partial charge on any atom is 0.338 e. The van der Waals surface area contributed by atoms with Crippen LogP contribution in [0.5, 0.6) is 11.5 Å². The summed E-state index contributed by atoms with van der Waals surface area (Å²) < 4.78 is 15.9. The third kappa shape index (κ3) is 4.36. The van der Waals surface area contributed by atoms with Crippen LogP contribution < -0.4 is 14.8 Å². The fourth-order valence-electron chi connectivity index (χ4n) is 6.13. The molecule has 1 amide bonds. The minimum absolute atomic E-state index is 0.230. The topological polar surface area (TPSA) is 73.9 Å². The molecule has 29 heavy (non-hydrogen) atoms. The van der Waals surface area contributed by atoms with Gasteiger partial charge in [-0.15, -0.1) is 0 Å². The van der Waals surface area contributed by atoms with Crippen molar-refractivity contribution >= 4 is 11.9 Å². The largest absolute Gasteiger partial charge is 0.493 e. The van der Waals surface area contributed by atoms with Crippen LogP contribution in [0.4, 0.5) is 0 Å². The van der Waals surface area contributed by atoms with Gasteiger partial charge in [0.25, 0.3) is 5.91 Å². The van der Waals surface area contributed by atoms with Crippen molar-refractivity contribution in [3.8, 4) is 11.5 Å². The van der Waals surface area contributed by atoms with Gasteiger partial charge in [0.2, 0.25) is 0 Å². The highest BCUT2D eigenvalue weighted by atomic mass is 16.5. The first kappa shape index (κ1) is 20.0. The van der Waals surface area contributed by atoms with Crippen molar-refractivity contribution in [3.05, 3.63) is 23.8 Å². The van der Waals surface area contributed by atoms with Crippen LogP contribution >= 0.6 is 0 Å². The lowest BCUT2D eigenvalue weighted by atomic mass is 9.49. The Morgan fingerprint density at radius 1 is 1.07 bits per heavy atom. The average molecular weight is 402 g/mol. The monoisotopic (exact) mass is 401 g/mol. The van der Waals surface area contributed by atoms with E-state index in [1.54, 1.807) is 18.2 Å². The molecule has 1 N–H and O–H groups in total. The number of ether oxygens (including phenoxy) is 3. The van der Waals surface area contributed by atoms with Gasteiger partial charge in [-0.2, -0.15) is 0 Å². The molecule has 4 aliphatic rings. The van der Waals surface area contributed by atoms with Gasteiger partial charge in [0, 0.05) is 6.54 Å². The Morgan fingerprint density at radius 2 is 1.72 bits per heavy atom. The number of methoxy groups -OCH3 is 1. The van der Waals surface area contributed by atoms with E-state index >= 15 is 0 Å². The van der Waals surface area contributed by atoms with E-state index in [0.29, 0.717) is 30.2 Å². The van der Waals surface area contributed by atoms with E-state index < -0.39 is 5.97 Å². The smallest absolute Gasteiger partial charge is 0.338 e. The molecule has 0 atom stereocenters. The highest BCUT2D eigenvalue weighted by Crippen LogP contribution is 2.59. The van der Waals surface area contributed by atoms with E-state index in [4.69, 9.17) is 14.2 Å². The van der Waals surface area contributed by atoms with Crippen molar-refractivity contribution in [2.24, 2.45) is 23.2 Å². The zero-order chi connectivity index (χ0) is 20.4. The molecule has 0 aliphatic heterocycles. The molecular formula is C23H31NO5. The van der Waals surface area contributed by atoms with E-state index in [0.717, 1.165) is 17.8 Å². The second-order valence-corrected chi connectivity index (χ2v) is 9.07. The second kappa shape index (κ2) is 8.25. The summed E-state index contributed by atoms with van der Waals surface area (Å²) in [5.41, 5.74) is 0.607. The molecule has 5 rings (SSSR count). The summed E-state index contributed by atoms with van der Waals surface area (Å²) in [6.07, 6.45) is 7.88. The van der Waals surface area contributed by atoms with Gasteiger partial charge in [0.1, 0.15) is 0 Å². The number of hydrogen-bond donors (Lipinski definition) is 1. The van der Waals surface area contributed by atoms with Crippen LogP contribution in [-0.4, -0.2) is 38.7 Å². The number of rotatable bonds is 8. The average Bonchev–Trinajstić information content (AvgIpc) is 2.70. The van der Waals surface area contributed by atoms with Gasteiger partial charge in [0.15, 0.2) is 18.1 Å². The van der Waals surface area contributed by atoms with Crippen LogP contribution in [0.15, 0.2) is 18.2 Å². The molecule has 4 aliphatic carbocycles. The molecule has 4 saturated carbocycles. The molecule has 0 aromatic heterocycles. The third-order valence-electron chi connectivity index (χ3n) is 6.86. The first-order chi connectivity index (χ1) is 14.0. The predicted molar refractivity (Wildman–Crippen MR) is 108 cm³/mol. The number of nitrogens with one attached hydrogen (secondary N) is 1. The minimum Gasteiger partial charge on any atom is -0.493 e. The molecule has 6 nitrogen and oxygen atoms in total. The summed E-state index contributed by atoms with van der Waals surface area (Å²) in [5.74, 6) is 2.82. The Hall–Kier alpha value is -2.24. The Bertz CT molecular complexity index is 739. The molecule has 6 heteroatoms. The minimum atomic E-state index is -0.545. The number of carbonyl (C=O) groups excluding carboxylic acids is 2. The lowest BCUT2D eigenvalue weighted by Gasteiger charge is -2.56. The van der Waals surface area contributed by atoms with Gasteiger partial charge in [-0.25, -0.2) is 4.79 Å². The Balaban J connectivity index is 1.27. The number of benzene rings is 1. The van der Waals surface area contributed by atoms with Gasteiger partial charge in [0.05, 0.1) is 19.3 Å². The molecule has 0 spiro atoms. The maximum atomic E-state index is 12.3. The van der Waals surface area contributed by atoms with E-state index in [2.05, 4.69) is 5.32 Å². The summed E-state index contributed by atoms with van der Waals surface area (Å²) in [6, 6.07) is 4.86. The van der Waals surface area contributed by atoms with Crippen molar-refractivity contribution in [1.29, 1.82) is 0 Å². The van der Waals surface area contributed by atoms with Crippen LogP contribution in [0.3, 0.4) is 0 Å². The fourth-order valence-corrected chi connectivity index (χ4v) is 6.13. The Morgan fingerprint density at radius 3 is 2.31 bits per heavy atom. The highest BCUT2D eigenvalue weighted by molar-refractivity contribution is 5.92.